The summed E-state index contributed by atoms with van der Waals surface area (Å²) in [6.45, 7) is 0. The third-order valence-electron chi connectivity index (χ3n) is 2.25. The number of rotatable bonds is 0. The van der Waals surface area contributed by atoms with Crippen LogP contribution in [0.5, 0.6) is 11.5 Å². The summed E-state index contributed by atoms with van der Waals surface area (Å²) in [6.07, 6.45) is 0. The van der Waals surface area contributed by atoms with Crippen molar-refractivity contribution in [3.63, 3.8) is 0 Å². The zero-order chi connectivity index (χ0) is 11.1. The van der Waals surface area contributed by atoms with E-state index in [1.807, 2.05) is 36.4 Å². The van der Waals surface area contributed by atoms with Crippen molar-refractivity contribution in [2.45, 2.75) is 9.79 Å². The average Bonchev–Trinajstić information content (AvgIpc) is 2.26. The van der Waals surface area contributed by atoms with E-state index in [-0.39, 0.29) is 0 Å². The van der Waals surface area contributed by atoms with Crippen LogP contribution in [0.15, 0.2) is 50.7 Å². The molecule has 1 nitrogen and oxygen atoms in total. The molecule has 0 N–H and O–H groups in total. The first-order valence-electron chi connectivity index (χ1n) is 4.67. The van der Waals surface area contributed by atoms with E-state index in [1.54, 1.807) is 11.8 Å². The highest BCUT2D eigenvalue weighted by atomic mass is 79.9. The van der Waals surface area contributed by atoms with E-state index in [0.717, 1.165) is 30.8 Å². The molecule has 0 spiro atoms. The van der Waals surface area contributed by atoms with Crippen LogP contribution in [0.1, 0.15) is 0 Å². The van der Waals surface area contributed by atoms with Crippen molar-refractivity contribution in [1.82, 2.24) is 0 Å². The average molecular weight is 314 g/mol. The molecule has 0 unspecified atom stereocenters. The summed E-state index contributed by atoms with van der Waals surface area (Å²) in [5.74, 6) is 1.74. The van der Waals surface area contributed by atoms with Gasteiger partial charge in [-0.3, -0.25) is 0 Å². The normalized spacial score (nSPS) is 12.6. The lowest BCUT2D eigenvalue weighted by Crippen LogP contribution is -1.94. The van der Waals surface area contributed by atoms with Crippen LogP contribution in [0.4, 0.5) is 0 Å². The molecule has 16 heavy (non-hydrogen) atoms. The minimum atomic E-state index is 0.732. The molecule has 0 atom stereocenters. The van der Waals surface area contributed by atoms with Gasteiger partial charge in [-0.2, -0.15) is 0 Å². The number of hydrogen-bond acceptors (Lipinski definition) is 2. The Morgan fingerprint density at radius 2 is 1.88 bits per heavy atom. The molecule has 4 heteroatoms. The summed E-state index contributed by atoms with van der Waals surface area (Å²) in [5.41, 5.74) is 0. The molecule has 1 heterocycles. The number of halogens is 2. The molecule has 0 saturated carbocycles. The van der Waals surface area contributed by atoms with Crippen molar-refractivity contribution in [3.8, 4) is 11.5 Å². The summed E-state index contributed by atoms with van der Waals surface area (Å²) in [5, 5.41) is 0.732. The lowest BCUT2D eigenvalue weighted by Gasteiger charge is -2.19. The largest absolute Gasteiger partial charge is 0.455 e. The minimum Gasteiger partial charge on any atom is -0.455 e. The fraction of sp³-hybridized carbons (Fsp3) is 0. The predicted molar refractivity (Wildman–Crippen MR) is 69.8 cm³/mol. The van der Waals surface area contributed by atoms with Crippen LogP contribution in [-0.2, 0) is 0 Å². The summed E-state index contributed by atoms with van der Waals surface area (Å²) in [7, 11) is 0. The van der Waals surface area contributed by atoms with Crippen molar-refractivity contribution < 1.29 is 4.74 Å². The van der Waals surface area contributed by atoms with Gasteiger partial charge in [0.25, 0.3) is 0 Å². The number of hydrogen-bond donors (Lipinski definition) is 0. The van der Waals surface area contributed by atoms with Crippen LogP contribution >= 0.6 is 39.3 Å². The maximum absolute atomic E-state index is 5.95. The van der Waals surface area contributed by atoms with Crippen molar-refractivity contribution in [2.75, 3.05) is 0 Å². The van der Waals surface area contributed by atoms with E-state index < -0.39 is 0 Å². The maximum atomic E-state index is 5.95. The highest BCUT2D eigenvalue weighted by Crippen LogP contribution is 2.48. The third kappa shape index (κ3) is 1.83. The Balaban J connectivity index is 2.09. The lowest BCUT2D eigenvalue weighted by molar-refractivity contribution is 0.454. The van der Waals surface area contributed by atoms with Crippen LogP contribution in [0, 0.1) is 0 Å². The Bertz CT molecular complexity index is 519. The van der Waals surface area contributed by atoms with Gasteiger partial charge in [0.2, 0.25) is 0 Å². The standard InChI is InChI=1S/C12H6BrClOS/c13-7-1-4-11-10(5-7)15-9-3-2-8(14)6-12(9)16-11/h1-6H. The summed E-state index contributed by atoms with van der Waals surface area (Å²) in [6, 6.07) is 11.7. The van der Waals surface area contributed by atoms with Gasteiger partial charge in [0, 0.05) is 9.50 Å². The molecule has 0 saturated heterocycles. The molecule has 1 aliphatic rings. The van der Waals surface area contributed by atoms with E-state index in [0.29, 0.717) is 0 Å². The second-order valence-corrected chi connectivity index (χ2v) is 5.82. The van der Waals surface area contributed by atoms with Gasteiger partial charge in [0.15, 0.2) is 0 Å². The first-order chi connectivity index (χ1) is 7.72. The van der Waals surface area contributed by atoms with Gasteiger partial charge < -0.3 is 4.74 Å². The van der Waals surface area contributed by atoms with Gasteiger partial charge in [0.1, 0.15) is 11.5 Å². The van der Waals surface area contributed by atoms with Crippen LogP contribution in [0.2, 0.25) is 5.02 Å². The first-order valence-corrected chi connectivity index (χ1v) is 6.66. The quantitative estimate of drug-likeness (QED) is 0.552. The number of benzene rings is 2. The molecule has 2 aromatic rings. The Morgan fingerprint density at radius 1 is 1.00 bits per heavy atom. The van der Waals surface area contributed by atoms with Crippen molar-refractivity contribution in [1.29, 1.82) is 0 Å². The van der Waals surface area contributed by atoms with Crippen LogP contribution in [-0.4, -0.2) is 0 Å². The van der Waals surface area contributed by atoms with Crippen molar-refractivity contribution in [2.24, 2.45) is 0 Å². The minimum absolute atomic E-state index is 0.732. The molecule has 0 radical (unpaired) electrons. The fourth-order valence-electron chi connectivity index (χ4n) is 1.53. The van der Waals surface area contributed by atoms with Gasteiger partial charge in [-0.15, -0.1) is 0 Å². The van der Waals surface area contributed by atoms with Crippen LogP contribution in [0.25, 0.3) is 0 Å². The summed E-state index contributed by atoms with van der Waals surface area (Å²) < 4.78 is 6.82. The zero-order valence-electron chi connectivity index (χ0n) is 8.04. The molecule has 80 valence electrons. The molecule has 1 aliphatic heterocycles. The van der Waals surface area contributed by atoms with Gasteiger partial charge >= 0.3 is 0 Å². The molecular formula is C12H6BrClOS. The van der Waals surface area contributed by atoms with E-state index in [2.05, 4.69) is 15.9 Å². The molecule has 3 rings (SSSR count). The summed E-state index contributed by atoms with van der Waals surface area (Å²) in [4.78, 5) is 2.17. The highest BCUT2D eigenvalue weighted by Gasteiger charge is 2.17. The SMILES string of the molecule is Clc1ccc2c(c1)Sc1ccc(Br)cc1O2. The van der Waals surface area contributed by atoms with Gasteiger partial charge in [-0.05, 0) is 36.4 Å². The Labute approximate surface area is 111 Å². The number of ether oxygens (including phenoxy) is 1. The molecular weight excluding hydrogens is 308 g/mol. The monoisotopic (exact) mass is 312 g/mol. The first kappa shape index (κ1) is 10.5. The topological polar surface area (TPSA) is 9.23 Å². The van der Waals surface area contributed by atoms with E-state index in [4.69, 9.17) is 16.3 Å². The molecule has 0 aliphatic carbocycles. The van der Waals surface area contributed by atoms with Gasteiger partial charge in [-0.25, -0.2) is 0 Å². The summed E-state index contributed by atoms with van der Waals surface area (Å²) >= 11 is 11.1. The molecule has 0 amide bonds. The van der Waals surface area contributed by atoms with E-state index in [1.165, 1.54) is 0 Å². The molecule has 2 aromatic carbocycles. The lowest BCUT2D eigenvalue weighted by atomic mass is 10.3. The second kappa shape index (κ2) is 3.99. The van der Waals surface area contributed by atoms with Crippen molar-refractivity contribution in [3.05, 3.63) is 45.9 Å². The van der Waals surface area contributed by atoms with E-state index in [9.17, 15) is 0 Å². The second-order valence-electron chi connectivity index (χ2n) is 3.39. The third-order valence-corrected chi connectivity index (χ3v) is 4.08. The smallest absolute Gasteiger partial charge is 0.142 e. The van der Waals surface area contributed by atoms with Gasteiger partial charge in [0.05, 0.1) is 9.79 Å². The maximum Gasteiger partial charge on any atom is 0.142 e. The molecule has 0 bridgehead atoms. The highest BCUT2D eigenvalue weighted by molar-refractivity contribution is 9.10. The molecule has 0 fully saturated rings. The Morgan fingerprint density at radius 3 is 2.75 bits per heavy atom. The molecule has 0 aromatic heterocycles. The Hall–Kier alpha value is -0.640. The Kier molecular flexibility index (Phi) is 2.62. The van der Waals surface area contributed by atoms with Crippen LogP contribution < -0.4 is 4.74 Å². The van der Waals surface area contributed by atoms with Crippen molar-refractivity contribution >= 4 is 39.3 Å². The number of fused-ring (bicyclic) bond motifs is 2. The predicted octanol–water partition coefficient (Wildman–Crippen LogP) is 5.36. The fourth-order valence-corrected chi connectivity index (χ4v) is 3.08. The van der Waals surface area contributed by atoms with Gasteiger partial charge in [-0.1, -0.05) is 39.3 Å². The zero-order valence-corrected chi connectivity index (χ0v) is 11.2. The van der Waals surface area contributed by atoms with Crippen LogP contribution in [0.3, 0.4) is 0 Å². The van der Waals surface area contributed by atoms with E-state index >= 15 is 0 Å².